The second-order valence-corrected chi connectivity index (χ2v) is 7.21. The Morgan fingerprint density at radius 3 is 2.88 bits per heavy atom. The molecule has 124 valence electrons. The van der Waals surface area contributed by atoms with Crippen molar-refractivity contribution < 1.29 is 18.3 Å². The summed E-state index contributed by atoms with van der Waals surface area (Å²) in [6, 6.07) is 3.25. The lowest BCUT2D eigenvalue weighted by Crippen LogP contribution is -2.42. The molecule has 6 heteroatoms. The van der Waals surface area contributed by atoms with Crippen molar-refractivity contribution in [2.24, 2.45) is 23.2 Å². The van der Waals surface area contributed by atoms with Gasteiger partial charge in [-0.1, -0.05) is 0 Å². The minimum Gasteiger partial charge on any atom is -0.461 e. The molecule has 4 aliphatic rings. The zero-order chi connectivity index (χ0) is 16.5. The van der Waals surface area contributed by atoms with Crippen molar-refractivity contribution in [3.05, 3.63) is 36.3 Å². The topological polar surface area (TPSA) is 52.1 Å². The van der Waals surface area contributed by atoms with Crippen LogP contribution in [0.25, 0.3) is 10.9 Å². The average Bonchev–Trinajstić information content (AvgIpc) is 3.22. The molecule has 4 aliphatic carbocycles. The third-order valence-corrected chi connectivity index (χ3v) is 6.40. The second-order valence-electron chi connectivity index (χ2n) is 7.21. The van der Waals surface area contributed by atoms with Gasteiger partial charge in [0.1, 0.15) is 6.61 Å². The minimum absolute atomic E-state index is 0.0150. The van der Waals surface area contributed by atoms with Crippen LogP contribution in [0, 0.1) is 23.2 Å². The molecule has 0 radical (unpaired) electrons. The Bertz CT molecular complexity index is 845. The first-order valence-electron chi connectivity index (χ1n) is 8.29. The predicted molar refractivity (Wildman–Crippen MR) is 81.5 cm³/mol. The maximum Gasteiger partial charge on any atom is 0.338 e. The van der Waals surface area contributed by atoms with Crippen LogP contribution in [0.3, 0.4) is 0 Å². The molecule has 4 saturated carbocycles. The van der Waals surface area contributed by atoms with E-state index < -0.39 is 23.2 Å². The van der Waals surface area contributed by atoms with E-state index >= 15 is 0 Å². The fraction of sp³-hybridized carbons (Fsp3) is 0.500. The van der Waals surface area contributed by atoms with Gasteiger partial charge in [0.15, 0.2) is 0 Å². The highest BCUT2D eigenvalue weighted by molar-refractivity contribution is 6.02. The molecule has 4 nitrogen and oxygen atoms in total. The molecule has 2 heterocycles. The number of fused-ring (bicyclic) bond motifs is 2. The zero-order valence-electron chi connectivity index (χ0n) is 12.9. The quantitative estimate of drug-likeness (QED) is 0.809. The van der Waals surface area contributed by atoms with Crippen LogP contribution in [0.4, 0.5) is 8.78 Å². The number of rotatable bonds is 3. The maximum atomic E-state index is 14.6. The third-order valence-electron chi connectivity index (χ3n) is 6.40. The minimum atomic E-state index is -2.71. The number of aromatic nitrogens is 2. The van der Waals surface area contributed by atoms with Gasteiger partial charge in [-0.05, 0) is 43.2 Å². The van der Waals surface area contributed by atoms with Gasteiger partial charge in [0.05, 0.1) is 16.5 Å². The molecular formula is C18H16F2N2O2. The Hall–Kier alpha value is -2.11. The number of carbonyl (C=O) groups is 1. The van der Waals surface area contributed by atoms with Crippen LogP contribution in [0.2, 0.25) is 0 Å². The summed E-state index contributed by atoms with van der Waals surface area (Å²) in [4.78, 5) is 20.6. The number of hydrogen-bond donors (Lipinski definition) is 0. The zero-order valence-corrected chi connectivity index (χ0v) is 12.9. The van der Waals surface area contributed by atoms with Crippen LogP contribution in [-0.2, 0) is 4.74 Å². The third kappa shape index (κ3) is 1.59. The first-order valence-corrected chi connectivity index (χ1v) is 8.29. The van der Waals surface area contributed by atoms with E-state index in [0.717, 1.165) is 6.42 Å². The van der Waals surface area contributed by atoms with Crippen molar-refractivity contribution in [2.45, 2.75) is 25.2 Å². The van der Waals surface area contributed by atoms with Crippen molar-refractivity contribution in [2.75, 3.05) is 6.61 Å². The summed E-state index contributed by atoms with van der Waals surface area (Å²) in [6.45, 7) is -0.186. The number of esters is 1. The molecular weight excluding hydrogens is 314 g/mol. The maximum absolute atomic E-state index is 14.6. The molecule has 0 N–H and O–H groups in total. The van der Waals surface area contributed by atoms with Crippen molar-refractivity contribution in [3.8, 4) is 0 Å². The molecule has 2 aromatic heterocycles. The van der Waals surface area contributed by atoms with E-state index in [9.17, 15) is 13.6 Å². The highest BCUT2D eigenvalue weighted by atomic mass is 19.3. The summed E-state index contributed by atoms with van der Waals surface area (Å²) >= 11 is 0. The molecule has 0 saturated heterocycles. The summed E-state index contributed by atoms with van der Waals surface area (Å²) in [7, 11) is 0. The lowest BCUT2D eigenvalue weighted by Gasteiger charge is -2.35. The van der Waals surface area contributed by atoms with Gasteiger partial charge in [-0.2, -0.15) is 0 Å². The standard InChI is InChI=1S/C18H16F2N2O2/c19-18(20)10-1-2-13-14(7-10)17(13,18)9-24-16(23)11-3-6-22-15-4-5-21-8-12(11)15/h3-6,8,10,13-14H,1-2,7,9H2. The Labute approximate surface area is 137 Å². The van der Waals surface area contributed by atoms with Gasteiger partial charge in [-0.15, -0.1) is 0 Å². The van der Waals surface area contributed by atoms with Crippen LogP contribution < -0.4 is 0 Å². The predicted octanol–water partition coefficient (Wildman–Crippen LogP) is 3.47. The highest BCUT2D eigenvalue weighted by Gasteiger charge is 2.85. The normalized spacial score (nSPS) is 35.0. The van der Waals surface area contributed by atoms with E-state index in [-0.39, 0.29) is 18.4 Å². The van der Waals surface area contributed by atoms with E-state index in [0.29, 0.717) is 29.3 Å². The summed E-state index contributed by atoms with van der Waals surface area (Å²) in [6.07, 6.45) is 6.67. The molecule has 24 heavy (non-hydrogen) atoms. The lowest BCUT2D eigenvalue weighted by molar-refractivity contribution is -0.142. The number of nitrogens with zero attached hydrogens (tertiary/aromatic N) is 2. The Kier molecular flexibility index (Phi) is 2.67. The average molecular weight is 330 g/mol. The number of pyridine rings is 2. The van der Waals surface area contributed by atoms with Crippen molar-refractivity contribution in [1.29, 1.82) is 0 Å². The van der Waals surface area contributed by atoms with Crippen LogP contribution in [0.1, 0.15) is 29.6 Å². The Morgan fingerprint density at radius 1 is 1.25 bits per heavy atom. The fourth-order valence-electron chi connectivity index (χ4n) is 5.19. The van der Waals surface area contributed by atoms with Gasteiger partial charge < -0.3 is 4.74 Å². The van der Waals surface area contributed by atoms with Crippen LogP contribution in [-0.4, -0.2) is 28.5 Å². The molecule has 0 amide bonds. The molecule has 0 aromatic carbocycles. The number of alkyl halides is 2. The van der Waals surface area contributed by atoms with E-state index in [1.165, 1.54) is 6.20 Å². The summed E-state index contributed by atoms with van der Waals surface area (Å²) in [5, 5.41) is 0.578. The molecule has 0 aliphatic heterocycles. The highest BCUT2D eigenvalue weighted by Crippen LogP contribution is 2.81. The van der Waals surface area contributed by atoms with Gasteiger partial charge in [0, 0.05) is 29.9 Å². The molecule has 2 aromatic rings. The molecule has 0 spiro atoms. The second kappa shape index (κ2) is 4.49. The van der Waals surface area contributed by atoms with E-state index in [1.54, 1.807) is 24.5 Å². The van der Waals surface area contributed by atoms with Gasteiger partial charge >= 0.3 is 5.97 Å². The van der Waals surface area contributed by atoms with Crippen LogP contribution in [0.5, 0.6) is 0 Å². The summed E-state index contributed by atoms with van der Waals surface area (Å²) in [5.41, 5.74) is -0.146. The van der Waals surface area contributed by atoms with Gasteiger partial charge in [0.25, 0.3) is 5.92 Å². The van der Waals surface area contributed by atoms with E-state index in [2.05, 4.69) is 9.97 Å². The van der Waals surface area contributed by atoms with Crippen LogP contribution >= 0.6 is 0 Å². The number of hydrogen-bond acceptors (Lipinski definition) is 4. The SMILES string of the molecule is O=C(OCC12C3CCC(CC31)C2(F)F)c1ccnc2ccncc12. The Morgan fingerprint density at radius 2 is 2.12 bits per heavy atom. The van der Waals surface area contributed by atoms with Gasteiger partial charge in [-0.25, -0.2) is 13.6 Å². The fourth-order valence-corrected chi connectivity index (χ4v) is 5.19. The monoisotopic (exact) mass is 330 g/mol. The number of carbonyl (C=O) groups excluding carboxylic acids is 1. The largest absolute Gasteiger partial charge is 0.461 e. The van der Waals surface area contributed by atoms with Crippen LogP contribution in [0.15, 0.2) is 30.7 Å². The summed E-state index contributed by atoms with van der Waals surface area (Å²) in [5.74, 6) is -3.77. The molecule has 6 rings (SSSR count). The molecule has 4 atom stereocenters. The molecule has 4 unspecified atom stereocenters. The number of halogens is 2. The van der Waals surface area contributed by atoms with Gasteiger partial charge in [-0.3, -0.25) is 9.97 Å². The van der Waals surface area contributed by atoms with E-state index in [1.807, 2.05) is 0 Å². The Balaban J connectivity index is 1.40. The first-order chi connectivity index (χ1) is 11.6. The summed E-state index contributed by atoms with van der Waals surface area (Å²) < 4.78 is 34.6. The van der Waals surface area contributed by atoms with E-state index in [4.69, 9.17) is 4.74 Å². The van der Waals surface area contributed by atoms with Crippen molar-refractivity contribution in [1.82, 2.24) is 9.97 Å². The smallest absolute Gasteiger partial charge is 0.338 e. The number of ether oxygens (including phenoxy) is 1. The van der Waals surface area contributed by atoms with Crippen molar-refractivity contribution >= 4 is 16.9 Å². The molecule has 4 bridgehead atoms. The molecule has 4 fully saturated rings. The first kappa shape index (κ1) is 14.3. The lowest BCUT2D eigenvalue weighted by atomic mass is 9.78. The van der Waals surface area contributed by atoms with Gasteiger partial charge in [0.2, 0.25) is 0 Å². The van der Waals surface area contributed by atoms with Crippen molar-refractivity contribution in [3.63, 3.8) is 0 Å².